The van der Waals surface area contributed by atoms with Crippen molar-refractivity contribution in [2.24, 2.45) is 0 Å². The highest BCUT2D eigenvalue weighted by molar-refractivity contribution is 5.88. The summed E-state index contributed by atoms with van der Waals surface area (Å²) in [6.07, 6.45) is 0.746. The van der Waals surface area contributed by atoms with Gasteiger partial charge in [0.05, 0.1) is 0 Å². The Kier molecular flexibility index (Phi) is 4.44. The molecule has 0 radical (unpaired) electrons. The number of benzene rings is 2. The molecule has 0 fully saturated rings. The van der Waals surface area contributed by atoms with Crippen molar-refractivity contribution in [1.29, 1.82) is 0 Å². The van der Waals surface area contributed by atoms with Crippen LogP contribution in [-0.4, -0.2) is 42.0 Å². The highest BCUT2D eigenvalue weighted by Gasteiger charge is 2.10. The summed E-state index contributed by atoms with van der Waals surface area (Å²) in [5, 5.41) is 15.7. The molecule has 4 rings (SSSR count). The molecular weight excluding hydrogens is 348 g/mol. The lowest BCUT2D eigenvalue weighted by molar-refractivity contribution is -0.118. The van der Waals surface area contributed by atoms with Gasteiger partial charge in [-0.25, -0.2) is 10.9 Å². The number of rotatable bonds is 6. The van der Waals surface area contributed by atoms with Crippen LogP contribution in [0.15, 0.2) is 48.5 Å². The molecule has 2 aromatic heterocycles. The second kappa shape index (κ2) is 7.20. The molecule has 2 amide bonds. The minimum Gasteiger partial charge on any atom is -0.273 e. The van der Waals surface area contributed by atoms with Crippen LogP contribution < -0.4 is 10.9 Å². The summed E-state index contributed by atoms with van der Waals surface area (Å²) in [5.74, 6) is -0.491. The Balaban J connectivity index is 1.28. The summed E-state index contributed by atoms with van der Waals surface area (Å²) >= 11 is 0. The molecule has 0 unspecified atom stereocenters. The lowest BCUT2D eigenvalue weighted by Gasteiger charge is -2.06. The minimum atomic E-state index is -0.246. The third-order valence-corrected chi connectivity index (χ3v) is 3.97. The van der Waals surface area contributed by atoms with E-state index in [0.717, 1.165) is 0 Å². The highest BCUT2D eigenvalue weighted by atomic mass is 16.2. The molecule has 0 bridgehead atoms. The second-order valence-corrected chi connectivity index (χ2v) is 5.90. The predicted octanol–water partition coefficient (Wildman–Crippen LogP) is 1.19. The number of aromatic nitrogens is 6. The average Bonchev–Trinajstić information content (AvgIpc) is 3.27. The summed E-state index contributed by atoms with van der Waals surface area (Å²) in [6, 6.07) is 14.6. The van der Waals surface area contributed by atoms with Gasteiger partial charge in [-0.1, -0.05) is 24.3 Å². The quantitative estimate of drug-likeness (QED) is 0.530. The molecule has 0 atom stereocenters. The Morgan fingerprint density at radius 1 is 0.741 bits per heavy atom. The fourth-order valence-corrected chi connectivity index (χ4v) is 2.66. The fourth-order valence-electron chi connectivity index (χ4n) is 2.66. The van der Waals surface area contributed by atoms with Crippen molar-refractivity contribution in [3.05, 3.63) is 48.5 Å². The number of nitrogens with one attached hydrogen (secondary N) is 2. The number of para-hydroxylation sites is 2. The second-order valence-electron chi connectivity index (χ2n) is 5.90. The number of hydrogen-bond donors (Lipinski definition) is 2. The summed E-state index contributed by atoms with van der Waals surface area (Å²) in [4.78, 5) is 26.8. The van der Waals surface area contributed by atoms with Crippen molar-refractivity contribution in [3.63, 3.8) is 0 Å². The van der Waals surface area contributed by atoms with Crippen LogP contribution in [0.5, 0.6) is 0 Å². The van der Waals surface area contributed by atoms with Gasteiger partial charge in [0.1, 0.15) is 22.1 Å². The largest absolute Gasteiger partial charge is 0.273 e. The van der Waals surface area contributed by atoms with Crippen LogP contribution >= 0.6 is 0 Å². The lowest BCUT2D eigenvalue weighted by atomic mass is 10.2. The number of amides is 2. The van der Waals surface area contributed by atoms with Crippen LogP contribution in [-0.2, 0) is 9.59 Å². The zero-order valence-electron chi connectivity index (χ0n) is 14.2. The first-order valence-corrected chi connectivity index (χ1v) is 8.41. The summed E-state index contributed by atoms with van der Waals surface area (Å²) in [5.41, 5.74) is 8.11. The first-order chi connectivity index (χ1) is 13.2. The normalized spacial score (nSPS) is 11.0. The van der Waals surface area contributed by atoms with Gasteiger partial charge >= 0.3 is 0 Å². The first-order valence-electron chi connectivity index (χ1n) is 8.41. The van der Waals surface area contributed by atoms with Crippen LogP contribution in [0, 0.1) is 0 Å². The number of nitrogens with zero attached hydrogens (tertiary/aromatic N) is 6. The van der Waals surface area contributed by atoms with Crippen LogP contribution in [0.4, 0.5) is 0 Å². The van der Waals surface area contributed by atoms with Crippen LogP contribution in [0.3, 0.4) is 0 Å². The van der Waals surface area contributed by atoms with E-state index in [0.29, 0.717) is 28.5 Å². The van der Waals surface area contributed by atoms with Gasteiger partial charge in [0.25, 0.3) is 0 Å². The van der Waals surface area contributed by atoms with Gasteiger partial charge in [0.15, 0.2) is 0 Å². The van der Waals surface area contributed by atoms with E-state index in [4.69, 9.17) is 0 Å². The molecule has 136 valence electrons. The monoisotopic (exact) mass is 364 g/mol. The molecule has 2 heterocycles. The van der Waals surface area contributed by atoms with Crippen molar-refractivity contribution in [2.75, 3.05) is 10.9 Å². The molecule has 27 heavy (non-hydrogen) atoms. The molecule has 10 heteroatoms. The Bertz CT molecular complexity index is 1030. The van der Waals surface area contributed by atoms with Crippen molar-refractivity contribution in [1.82, 2.24) is 30.2 Å². The van der Waals surface area contributed by atoms with Gasteiger partial charge in [-0.3, -0.25) is 9.59 Å². The topological polar surface area (TPSA) is 120 Å². The third kappa shape index (κ3) is 3.59. The third-order valence-electron chi connectivity index (χ3n) is 3.97. The molecule has 0 spiro atoms. The number of carbonyl (C=O) groups is 2. The Morgan fingerprint density at radius 2 is 1.19 bits per heavy atom. The highest BCUT2D eigenvalue weighted by Crippen LogP contribution is 2.09. The maximum atomic E-state index is 12.1. The molecule has 4 aromatic rings. The predicted molar refractivity (Wildman–Crippen MR) is 97.6 cm³/mol. The molecular formula is C17H16N8O2. The summed E-state index contributed by atoms with van der Waals surface area (Å²) in [7, 11) is 0. The molecule has 2 N–H and O–H groups in total. The van der Waals surface area contributed by atoms with E-state index >= 15 is 0 Å². The first kappa shape index (κ1) is 16.6. The van der Waals surface area contributed by atoms with E-state index in [9.17, 15) is 9.59 Å². The Labute approximate surface area is 153 Å². The fraction of sp³-hybridized carbons (Fsp3) is 0.176. The van der Waals surface area contributed by atoms with E-state index in [1.807, 2.05) is 48.5 Å². The lowest BCUT2D eigenvalue weighted by Crippen LogP contribution is -2.26. The number of fused-ring (bicyclic) bond motifs is 2. The molecule has 10 nitrogen and oxygen atoms in total. The smallest absolute Gasteiger partial charge is 0.240 e. The van der Waals surface area contributed by atoms with E-state index in [1.54, 1.807) is 0 Å². The van der Waals surface area contributed by atoms with Gasteiger partial charge in [-0.15, -0.1) is 10.2 Å². The van der Waals surface area contributed by atoms with E-state index < -0.39 is 0 Å². The van der Waals surface area contributed by atoms with Crippen LogP contribution in [0.25, 0.3) is 22.1 Å². The van der Waals surface area contributed by atoms with Gasteiger partial charge in [-0.05, 0) is 41.1 Å². The van der Waals surface area contributed by atoms with Crippen molar-refractivity contribution < 1.29 is 9.59 Å². The van der Waals surface area contributed by atoms with Gasteiger partial charge in [-0.2, -0.15) is 9.58 Å². The Morgan fingerprint density at radius 3 is 1.67 bits per heavy atom. The summed E-state index contributed by atoms with van der Waals surface area (Å²) in [6.45, 7) is 0. The zero-order valence-corrected chi connectivity index (χ0v) is 14.2. The minimum absolute atomic E-state index is 0.180. The SMILES string of the molecule is O=C(CCCC(=O)Nn1nnc2ccccc21)Nn1nnc2ccccc21. The molecule has 2 aromatic carbocycles. The molecule has 0 saturated carbocycles. The van der Waals surface area contributed by atoms with Crippen LogP contribution in [0.2, 0.25) is 0 Å². The van der Waals surface area contributed by atoms with E-state index in [1.165, 1.54) is 9.58 Å². The molecule has 0 aliphatic rings. The average molecular weight is 364 g/mol. The number of carbonyl (C=O) groups excluding carboxylic acids is 2. The summed E-state index contributed by atoms with van der Waals surface area (Å²) < 4.78 is 0. The van der Waals surface area contributed by atoms with E-state index in [2.05, 4.69) is 31.5 Å². The molecule has 0 aliphatic heterocycles. The van der Waals surface area contributed by atoms with Crippen molar-refractivity contribution in [3.8, 4) is 0 Å². The van der Waals surface area contributed by atoms with Crippen molar-refractivity contribution >= 4 is 33.9 Å². The Hall–Kier alpha value is -3.82. The van der Waals surface area contributed by atoms with Gasteiger partial charge in [0, 0.05) is 12.8 Å². The molecule has 0 saturated heterocycles. The maximum Gasteiger partial charge on any atom is 0.240 e. The van der Waals surface area contributed by atoms with Crippen molar-refractivity contribution in [2.45, 2.75) is 19.3 Å². The van der Waals surface area contributed by atoms with Crippen LogP contribution in [0.1, 0.15) is 19.3 Å². The van der Waals surface area contributed by atoms with Gasteiger partial charge < -0.3 is 0 Å². The zero-order chi connectivity index (χ0) is 18.6. The standard InChI is InChI=1S/C17H16N8O2/c26-16(20-24-14-8-3-1-6-12(14)18-22-24)10-5-11-17(27)21-25-15-9-4-2-7-13(15)19-23-25/h1-4,6-9H,5,10-11H2,(H,20,26)(H,21,27). The van der Waals surface area contributed by atoms with Gasteiger partial charge in [0.2, 0.25) is 11.8 Å². The number of hydrogen-bond acceptors (Lipinski definition) is 6. The molecule has 0 aliphatic carbocycles. The van der Waals surface area contributed by atoms with E-state index in [-0.39, 0.29) is 24.7 Å². The maximum absolute atomic E-state index is 12.1.